The van der Waals surface area contributed by atoms with Crippen LogP contribution in [0.2, 0.25) is 0 Å². The van der Waals surface area contributed by atoms with Crippen molar-refractivity contribution < 1.29 is 9.13 Å². The molecule has 0 aliphatic heterocycles. The van der Waals surface area contributed by atoms with Gasteiger partial charge < -0.3 is 21.6 Å². The van der Waals surface area contributed by atoms with Crippen LogP contribution in [0.25, 0.3) is 0 Å². The van der Waals surface area contributed by atoms with Gasteiger partial charge in [0.1, 0.15) is 0 Å². The van der Waals surface area contributed by atoms with Crippen molar-refractivity contribution in [3.05, 3.63) is 29.6 Å². The normalized spacial score (nSPS) is 9.47. The van der Waals surface area contributed by atoms with Gasteiger partial charge in [-0.25, -0.2) is 4.39 Å². The van der Waals surface area contributed by atoms with Gasteiger partial charge in [0.15, 0.2) is 11.6 Å². The first kappa shape index (κ1) is 11.1. The molecule has 0 aromatic heterocycles. The molecule has 5 N–H and O–H groups in total. The molecule has 0 unspecified atom stereocenters. The Morgan fingerprint density at radius 2 is 2.27 bits per heavy atom. The van der Waals surface area contributed by atoms with Crippen molar-refractivity contribution in [2.75, 3.05) is 7.11 Å². The zero-order valence-electron chi connectivity index (χ0n) is 8.33. The standard InChI is InChI=1S/C9H13FN4O/c1-15-8-3-2-6(4-7(8)10)5-13-14-9(11)12/h2-4,13H,5H2,1H3,(H4,11,12,14). The largest absolute Gasteiger partial charge is 0.494 e. The molecule has 6 heteroatoms. The van der Waals surface area contributed by atoms with Crippen LogP contribution >= 0.6 is 0 Å². The molecule has 0 amide bonds. The SMILES string of the molecule is COc1ccc(CNN=C(N)N)cc1F. The van der Waals surface area contributed by atoms with E-state index in [1.807, 2.05) is 0 Å². The van der Waals surface area contributed by atoms with Crippen LogP contribution in [0.5, 0.6) is 5.75 Å². The first-order valence-electron chi connectivity index (χ1n) is 4.27. The van der Waals surface area contributed by atoms with Crippen molar-refractivity contribution in [3.8, 4) is 5.75 Å². The fraction of sp³-hybridized carbons (Fsp3) is 0.222. The first-order chi connectivity index (χ1) is 7.13. The van der Waals surface area contributed by atoms with Gasteiger partial charge in [0.2, 0.25) is 5.96 Å². The lowest BCUT2D eigenvalue weighted by Crippen LogP contribution is -2.26. The summed E-state index contributed by atoms with van der Waals surface area (Å²) in [5.74, 6) is -0.272. The van der Waals surface area contributed by atoms with Crippen LogP contribution in [0.4, 0.5) is 4.39 Å². The highest BCUT2D eigenvalue weighted by Gasteiger charge is 2.02. The summed E-state index contributed by atoms with van der Waals surface area (Å²) >= 11 is 0. The van der Waals surface area contributed by atoms with Crippen molar-refractivity contribution in [2.24, 2.45) is 16.6 Å². The maximum absolute atomic E-state index is 13.2. The third kappa shape index (κ3) is 3.34. The number of nitrogens with zero attached hydrogens (tertiary/aromatic N) is 1. The van der Waals surface area contributed by atoms with Crippen molar-refractivity contribution in [3.63, 3.8) is 0 Å². The molecule has 82 valence electrons. The highest BCUT2D eigenvalue weighted by molar-refractivity contribution is 5.75. The highest BCUT2D eigenvalue weighted by Crippen LogP contribution is 2.17. The number of methoxy groups -OCH3 is 1. The average Bonchev–Trinajstić information content (AvgIpc) is 2.17. The number of hydrazone groups is 1. The zero-order chi connectivity index (χ0) is 11.3. The summed E-state index contributed by atoms with van der Waals surface area (Å²) in [4.78, 5) is 0. The minimum absolute atomic E-state index is 0.0658. The summed E-state index contributed by atoms with van der Waals surface area (Å²) in [6, 6.07) is 4.62. The first-order valence-corrected chi connectivity index (χ1v) is 4.27. The van der Waals surface area contributed by atoms with E-state index in [2.05, 4.69) is 10.5 Å². The molecule has 0 heterocycles. The molecule has 0 aliphatic carbocycles. The predicted molar refractivity (Wildman–Crippen MR) is 55.6 cm³/mol. The van der Waals surface area contributed by atoms with Crippen LogP contribution < -0.4 is 21.6 Å². The molecule has 5 nitrogen and oxygen atoms in total. The van der Waals surface area contributed by atoms with Gasteiger partial charge in [0, 0.05) is 0 Å². The van der Waals surface area contributed by atoms with Crippen LogP contribution in [0, 0.1) is 5.82 Å². The fourth-order valence-corrected chi connectivity index (χ4v) is 1.04. The molecule has 0 fully saturated rings. The number of nitrogens with one attached hydrogen (secondary N) is 1. The maximum Gasteiger partial charge on any atom is 0.208 e. The quantitative estimate of drug-likeness (QED) is 0.375. The molecule has 0 atom stereocenters. The van der Waals surface area contributed by atoms with Crippen molar-refractivity contribution in [2.45, 2.75) is 6.54 Å². The van der Waals surface area contributed by atoms with E-state index in [0.717, 1.165) is 5.56 Å². The minimum atomic E-state index is -0.415. The molecule has 0 spiro atoms. The van der Waals surface area contributed by atoms with Crippen LogP contribution in [0.1, 0.15) is 5.56 Å². The third-order valence-electron chi connectivity index (χ3n) is 1.71. The maximum atomic E-state index is 13.2. The lowest BCUT2D eigenvalue weighted by Gasteiger charge is -2.04. The van der Waals surface area contributed by atoms with E-state index in [1.54, 1.807) is 12.1 Å². The monoisotopic (exact) mass is 212 g/mol. The topological polar surface area (TPSA) is 85.7 Å². The van der Waals surface area contributed by atoms with Crippen molar-refractivity contribution in [1.29, 1.82) is 0 Å². The Labute approximate surface area is 86.9 Å². The summed E-state index contributed by atoms with van der Waals surface area (Å²) in [5.41, 5.74) is 13.5. The van der Waals surface area contributed by atoms with E-state index in [1.165, 1.54) is 13.2 Å². The van der Waals surface area contributed by atoms with E-state index in [-0.39, 0.29) is 11.7 Å². The number of halogens is 1. The van der Waals surface area contributed by atoms with E-state index in [0.29, 0.717) is 6.54 Å². The molecule has 1 rings (SSSR count). The number of rotatable bonds is 4. The second-order valence-electron chi connectivity index (χ2n) is 2.84. The summed E-state index contributed by atoms with van der Waals surface area (Å²) in [7, 11) is 1.41. The van der Waals surface area contributed by atoms with E-state index < -0.39 is 5.82 Å². The van der Waals surface area contributed by atoms with Crippen LogP contribution in [-0.4, -0.2) is 13.1 Å². The number of guanidine groups is 1. The van der Waals surface area contributed by atoms with Crippen LogP contribution in [-0.2, 0) is 6.54 Å². The molecular weight excluding hydrogens is 199 g/mol. The zero-order valence-corrected chi connectivity index (χ0v) is 8.33. The summed E-state index contributed by atoms with van der Waals surface area (Å²) in [5, 5.41) is 3.56. The number of ether oxygens (including phenoxy) is 1. The molecule has 0 radical (unpaired) electrons. The van der Waals surface area contributed by atoms with Crippen LogP contribution in [0.15, 0.2) is 23.3 Å². The van der Waals surface area contributed by atoms with Crippen molar-refractivity contribution >= 4 is 5.96 Å². The smallest absolute Gasteiger partial charge is 0.208 e. The van der Waals surface area contributed by atoms with Gasteiger partial charge in [-0.05, 0) is 17.7 Å². The lowest BCUT2D eigenvalue weighted by molar-refractivity contribution is 0.386. The predicted octanol–water partition coefficient (Wildman–Crippen LogP) is 0.112. The molecule has 0 saturated carbocycles. The van der Waals surface area contributed by atoms with Gasteiger partial charge in [-0.1, -0.05) is 6.07 Å². The Kier molecular flexibility index (Phi) is 3.73. The summed E-state index contributed by atoms with van der Waals surface area (Å²) < 4.78 is 18.0. The van der Waals surface area contributed by atoms with Gasteiger partial charge in [0.25, 0.3) is 0 Å². The van der Waals surface area contributed by atoms with Gasteiger partial charge in [-0.2, -0.15) is 0 Å². The Morgan fingerprint density at radius 3 is 2.80 bits per heavy atom. The molecule has 1 aromatic rings. The van der Waals surface area contributed by atoms with Gasteiger partial charge in [0.05, 0.1) is 13.7 Å². The molecule has 0 saturated heterocycles. The minimum Gasteiger partial charge on any atom is -0.494 e. The molecule has 0 bridgehead atoms. The van der Waals surface area contributed by atoms with E-state index >= 15 is 0 Å². The molecule has 15 heavy (non-hydrogen) atoms. The van der Waals surface area contributed by atoms with Crippen molar-refractivity contribution in [1.82, 2.24) is 5.43 Å². The Hall–Kier alpha value is -1.98. The number of hydrogen-bond donors (Lipinski definition) is 3. The molecule has 0 aliphatic rings. The van der Waals surface area contributed by atoms with E-state index in [9.17, 15) is 4.39 Å². The number of benzene rings is 1. The van der Waals surface area contributed by atoms with Gasteiger partial charge in [-0.15, -0.1) is 5.10 Å². The van der Waals surface area contributed by atoms with Gasteiger partial charge >= 0.3 is 0 Å². The third-order valence-corrected chi connectivity index (χ3v) is 1.71. The Balaban J connectivity index is 2.63. The summed E-state index contributed by atoms with van der Waals surface area (Å²) in [6.45, 7) is 0.346. The number of nitrogens with two attached hydrogens (primary N) is 2. The Morgan fingerprint density at radius 1 is 1.53 bits per heavy atom. The number of hydrogen-bond acceptors (Lipinski definition) is 3. The van der Waals surface area contributed by atoms with E-state index in [4.69, 9.17) is 16.2 Å². The second-order valence-corrected chi connectivity index (χ2v) is 2.84. The molecular formula is C9H13FN4O. The van der Waals surface area contributed by atoms with Crippen LogP contribution in [0.3, 0.4) is 0 Å². The Bertz CT molecular complexity index is 363. The van der Waals surface area contributed by atoms with Gasteiger partial charge in [-0.3, -0.25) is 0 Å². The summed E-state index contributed by atoms with van der Waals surface area (Å²) in [6.07, 6.45) is 0. The fourth-order valence-electron chi connectivity index (χ4n) is 1.04. The lowest BCUT2D eigenvalue weighted by atomic mass is 10.2. The highest BCUT2D eigenvalue weighted by atomic mass is 19.1. The second kappa shape index (κ2) is 5.04. The molecule has 1 aromatic carbocycles. The average molecular weight is 212 g/mol.